The summed E-state index contributed by atoms with van der Waals surface area (Å²) in [7, 11) is 0. The Balaban J connectivity index is 1.63. The summed E-state index contributed by atoms with van der Waals surface area (Å²) < 4.78 is 45.1. The lowest BCUT2D eigenvalue weighted by Crippen LogP contribution is -2.27. The summed E-state index contributed by atoms with van der Waals surface area (Å²) in [5, 5.41) is 11.3. The fraction of sp³-hybridized carbons (Fsp3) is 0.0435. The fourth-order valence-electron chi connectivity index (χ4n) is 3.26. The van der Waals surface area contributed by atoms with Crippen LogP contribution in [0, 0.1) is 10.1 Å². The van der Waals surface area contributed by atoms with Gasteiger partial charge in [-0.1, -0.05) is 23.2 Å². The van der Waals surface area contributed by atoms with Gasteiger partial charge in [-0.25, -0.2) is 4.90 Å². The summed E-state index contributed by atoms with van der Waals surface area (Å²) in [6.45, 7) is 0. The van der Waals surface area contributed by atoms with E-state index in [4.69, 9.17) is 27.9 Å². The molecule has 1 aliphatic rings. The van der Waals surface area contributed by atoms with E-state index in [9.17, 15) is 32.9 Å². The van der Waals surface area contributed by atoms with E-state index in [2.05, 4.69) is 31.9 Å². The smallest absolute Gasteiger partial charge is 0.416 e. The summed E-state index contributed by atoms with van der Waals surface area (Å²) in [4.78, 5) is 36.9. The number of nitro benzene ring substituents is 1. The molecule has 7 nitrogen and oxygen atoms in total. The Labute approximate surface area is 242 Å². The third kappa shape index (κ3) is 5.86. The molecular formula is C23H9Br2Cl2F3N2O5S. The molecule has 2 amide bonds. The number of alkyl halides is 3. The van der Waals surface area contributed by atoms with Crippen LogP contribution in [0.2, 0.25) is 10.0 Å². The predicted molar refractivity (Wildman–Crippen MR) is 145 cm³/mol. The number of hydrogen-bond acceptors (Lipinski definition) is 6. The normalized spacial score (nSPS) is 14.9. The van der Waals surface area contributed by atoms with Crippen molar-refractivity contribution in [3.05, 3.63) is 93.7 Å². The first kappa shape index (κ1) is 28.4. The highest BCUT2D eigenvalue weighted by molar-refractivity contribution is 9.11. The van der Waals surface area contributed by atoms with Crippen LogP contribution in [0.3, 0.4) is 0 Å². The topological polar surface area (TPSA) is 89.7 Å². The zero-order chi connectivity index (χ0) is 27.9. The van der Waals surface area contributed by atoms with Crippen molar-refractivity contribution >= 4 is 95.4 Å². The van der Waals surface area contributed by atoms with Crippen LogP contribution in [0.25, 0.3) is 6.08 Å². The first-order valence-electron chi connectivity index (χ1n) is 10.0. The second kappa shape index (κ2) is 10.9. The van der Waals surface area contributed by atoms with Gasteiger partial charge in [0.2, 0.25) is 5.75 Å². The van der Waals surface area contributed by atoms with Gasteiger partial charge in [-0.2, -0.15) is 13.2 Å². The largest absolute Gasteiger partial charge is 0.448 e. The lowest BCUT2D eigenvalue weighted by molar-refractivity contribution is -0.385. The highest BCUT2D eigenvalue weighted by Crippen LogP contribution is 2.44. The zero-order valence-electron chi connectivity index (χ0n) is 18.2. The van der Waals surface area contributed by atoms with Gasteiger partial charge in [0.1, 0.15) is 0 Å². The minimum atomic E-state index is -4.77. The Morgan fingerprint density at radius 3 is 2.24 bits per heavy atom. The average Bonchev–Trinajstić information content (AvgIpc) is 3.10. The second-order valence-corrected chi connectivity index (χ2v) is 11.0. The van der Waals surface area contributed by atoms with E-state index in [0.29, 0.717) is 29.5 Å². The zero-order valence-corrected chi connectivity index (χ0v) is 23.7. The van der Waals surface area contributed by atoms with Crippen LogP contribution in [0.4, 0.5) is 29.3 Å². The van der Waals surface area contributed by atoms with E-state index in [0.717, 1.165) is 11.0 Å². The van der Waals surface area contributed by atoms with Crippen LogP contribution in [-0.2, 0) is 11.0 Å². The molecule has 0 bridgehead atoms. The van der Waals surface area contributed by atoms with Crippen molar-refractivity contribution in [2.24, 2.45) is 0 Å². The number of rotatable bonds is 5. The number of thioether (sulfide) groups is 1. The molecule has 3 aromatic carbocycles. The van der Waals surface area contributed by atoms with Crippen LogP contribution in [0.5, 0.6) is 11.5 Å². The monoisotopic (exact) mass is 710 g/mol. The summed E-state index contributed by atoms with van der Waals surface area (Å²) in [6, 6.07) is 9.24. The number of halogens is 7. The molecule has 0 aromatic heterocycles. The van der Waals surface area contributed by atoms with Crippen LogP contribution < -0.4 is 9.64 Å². The van der Waals surface area contributed by atoms with Crippen molar-refractivity contribution in [1.29, 1.82) is 0 Å². The number of carbonyl (C=O) groups excluding carboxylic acids is 2. The lowest BCUT2D eigenvalue weighted by Gasteiger charge is -2.13. The van der Waals surface area contributed by atoms with E-state index in [1.165, 1.54) is 36.4 Å². The molecule has 4 rings (SSSR count). The molecule has 0 aliphatic carbocycles. The fourth-order valence-corrected chi connectivity index (χ4v) is 5.78. The van der Waals surface area contributed by atoms with Crippen LogP contribution >= 0.6 is 66.8 Å². The SMILES string of the molecule is O=C1S/C(=C/c2cc(Br)c(Oc3ccc(C(F)(F)F)cc3[N+](=O)[O-])c(Br)c2)C(=O)N1c1ccc(Cl)c(Cl)c1. The van der Waals surface area contributed by atoms with Crippen LogP contribution in [-0.4, -0.2) is 16.1 Å². The number of nitro groups is 1. The summed E-state index contributed by atoms with van der Waals surface area (Å²) in [5.41, 5.74) is -1.38. The van der Waals surface area contributed by atoms with Crippen LogP contribution in [0.1, 0.15) is 11.1 Å². The first-order chi connectivity index (χ1) is 17.8. The molecule has 0 N–H and O–H groups in total. The second-order valence-electron chi connectivity index (χ2n) is 7.47. The maximum absolute atomic E-state index is 13.0. The van der Waals surface area contributed by atoms with Crippen LogP contribution in [0.15, 0.2) is 62.4 Å². The molecule has 1 aliphatic heterocycles. The summed E-state index contributed by atoms with van der Waals surface area (Å²) in [5.74, 6) is -0.972. The summed E-state index contributed by atoms with van der Waals surface area (Å²) >= 11 is 19.2. The number of anilines is 1. The van der Waals surface area contributed by atoms with Crippen molar-refractivity contribution in [2.75, 3.05) is 4.90 Å². The molecule has 1 fully saturated rings. The molecule has 196 valence electrons. The molecule has 3 aromatic rings. The van der Waals surface area contributed by atoms with E-state index in [-0.39, 0.29) is 35.3 Å². The van der Waals surface area contributed by atoms with Gasteiger partial charge in [-0.05, 0) is 97.7 Å². The van der Waals surface area contributed by atoms with Gasteiger partial charge in [0.15, 0.2) is 5.75 Å². The number of carbonyl (C=O) groups is 2. The average molecular weight is 713 g/mol. The van der Waals surface area contributed by atoms with Gasteiger partial charge in [0.25, 0.3) is 11.1 Å². The molecule has 0 atom stereocenters. The van der Waals surface area contributed by atoms with Gasteiger partial charge in [0.05, 0.1) is 40.1 Å². The Morgan fingerprint density at radius 1 is 1.00 bits per heavy atom. The number of benzene rings is 3. The van der Waals surface area contributed by atoms with Crippen molar-refractivity contribution in [3.8, 4) is 11.5 Å². The number of amides is 2. The number of imide groups is 1. The first-order valence-corrected chi connectivity index (χ1v) is 13.2. The maximum atomic E-state index is 13.0. The summed E-state index contributed by atoms with van der Waals surface area (Å²) in [6.07, 6.45) is -3.33. The van der Waals surface area contributed by atoms with E-state index >= 15 is 0 Å². The molecule has 0 spiro atoms. The molecular weight excluding hydrogens is 704 g/mol. The Kier molecular flexibility index (Phi) is 8.15. The minimum Gasteiger partial charge on any atom is -0.448 e. The third-order valence-electron chi connectivity index (χ3n) is 4.97. The molecule has 0 unspecified atom stereocenters. The molecule has 15 heteroatoms. The van der Waals surface area contributed by atoms with Gasteiger partial charge >= 0.3 is 11.9 Å². The molecule has 1 saturated heterocycles. The maximum Gasteiger partial charge on any atom is 0.416 e. The third-order valence-corrected chi connectivity index (χ3v) is 7.76. The van der Waals surface area contributed by atoms with E-state index in [1.54, 1.807) is 0 Å². The van der Waals surface area contributed by atoms with Crippen molar-refractivity contribution < 1.29 is 32.4 Å². The highest BCUT2D eigenvalue weighted by atomic mass is 79.9. The number of nitrogens with zero attached hydrogens (tertiary/aromatic N) is 2. The molecule has 38 heavy (non-hydrogen) atoms. The Bertz CT molecular complexity index is 1530. The minimum absolute atomic E-state index is 0.0360. The standard InChI is InChI=1S/C23H9Br2Cl2F3N2O5S/c24-13-5-10(7-19-21(33)31(22(34)38-19)12-2-3-15(26)16(27)9-12)6-14(25)20(13)37-18-4-1-11(23(28,29)30)8-17(18)32(35)36/h1-9H/b19-7+. The van der Waals surface area contributed by atoms with Gasteiger partial charge in [-0.15, -0.1) is 0 Å². The van der Waals surface area contributed by atoms with Crippen molar-refractivity contribution in [1.82, 2.24) is 0 Å². The highest BCUT2D eigenvalue weighted by Gasteiger charge is 2.37. The predicted octanol–water partition coefficient (Wildman–Crippen LogP) is 9.48. The van der Waals surface area contributed by atoms with Gasteiger partial charge in [0, 0.05) is 6.07 Å². The van der Waals surface area contributed by atoms with Crippen molar-refractivity contribution in [3.63, 3.8) is 0 Å². The van der Waals surface area contributed by atoms with E-state index in [1.807, 2.05) is 0 Å². The van der Waals surface area contributed by atoms with Crippen molar-refractivity contribution in [2.45, 2.75) is 6.18 Å². The lowest BCUT2D eigenvalue weighted by atomic mass is 10.1. The molecule has 0 saturated carbocycles. The Morgan fingerprint density at radius 2 is 1.66 bits per heavy atom. The number of hydrogen-bond donors (Lipinski definition) is 0. The Hall–Kier alpha value is -2.58. The molecule has 1 heterocycles. The quantitative estimate of drug-likeness (QED) is 0.149. The van der Waals surface area contributed by atoms with Gasteiger partial charge in [-0.3, -0.25) is 19.7 Å². The van der Waals surface area contributed by atoms with E-state index < -0.39 is 39.2 Å². The number of ether oxygens (including phenoxy) is 1. The molecule has 0 radical (unpaired) electrons. The van der Waals surface area contributed by atoms with Gasteiger partial charge < -0.3 is 4.74 Å².